The van der Waals surface area contributed by atoms with Crippen LogP contribution in [-0.2, 0) is 11.3 Å². The fraction of sp³-hybridized carbons (Fsp3) is 0.538. The predicted octanol–water partition coefficient (Wildman–Crippen LogP) is 3.25. The Bertz CT molecular complexity index is 391. The van der Waals surface area contributed by atoms with Gasteiger partial charge in [0.1, 0.15) is 5.82 Å². The molecule has 2 rings (SSSR count). The van der Waals surface area contributed by atoms with Crippen molar-refractivity contribution in [1.29, 1.82) is 0 Å². The van der Waals surface area contributed by atoms with Gasteiger partial charge in [0.15, 0.2) is 0 Å². The molecule has 1 aromatic rings. The van der Waals surface area contributed by atoms with Crippen molar-refractivity contribution < 1.29 is 9.13 Å². The largest absolute Gasteiger partial charge is 0.380 e. The van der Waals surface area contributed by atoms with Crippen molar-refractivity contribution in [3.05, 3.63) is 34.1 Å². The summed E-state index contributed by atoms with van der Waals surface area (Å²) in [5.41, 5.74) is 0.945. The summed E-state index contributed by atoms with van der Waals surface area (Å²) in [4.78, 5) is 0. The summed E-state index contributed by atoms with van der Waals surface area (Å²) < 4.78 is 19.6. The molecule has 1 aliphatic rings. The third kappa shape index (κ3) is 3.50. The zero-order chi connectivity index (χ0) is 12.3. The molecular formula is C13H17BrFNO. The van der Waals surface area contributed by atoms with Gasteiger partial charge in [0, 0.05) is 23.2 Å². The van der Waals surface area contributed by atoms with Crippen molar-refractivity contribution in [2.75, 3.05) is 13.2 Å². The van der Waals surface area contributed by atoms with Crippen LogP contribution in [0.3, 0.4) is 0 Å². The van der Waals surface area contributed by atoms with E-state index in [-0.39, 0.29) is 11.4 Å². The Balaban J connectivity index is 1.99. The van der Waals surface area contributed by atoms with Gasteiger partial charge >= 0.3 is 0 Å². The Morgan fingerprint density at radius 2 is 2.35 bits per heavy atom. The molecule has 1 aromatic carbocycles. The number of halogens is 2. The summed E-state index contributed by atoms with van der Waals surface area (Å²) in [7, 11) is 0. The van der Waals surface area contributed by atoms with Crippen molar-refractivity contribution in [3.63, 3.8) is 0 Å². The Hall–Kier alpha value is -0.450. The highest BCUT2D eigenvalue weighted by Gasteiger charge is 2.26. The molecule has 1 atom stereocenters. The summed E-state index contributed by atoms with van der Waals surface area (Å²) in [6.45, 7) is 4.37. The van der Waals surface area contributed by atoms with Gasteiger partial charge in [-0.05, 0) is 43.5 Å². The summed E-state index contributed by atoms with van der Waals surface area (Å²) in [5, 5.41) is 3.46. The van der Waals surface area contributed by atoms with E-state index in [2.05, 4.69) is 28.2 Å². The van der Waals surface area contributed by atoms with Gasteiger partial charge in [0.25, 0.3) is 0 Å². The normalized spacial score (nSPS) is 24.9. The maximum absolute atomic E-state index is 13.1. The van der Waals surface area contributed by atoms with Crippen LogP contribution in [0.2, 0.25) is 0 Å². The molecule has 17 heavy (non-hydrogen) atoms. The van der Waals surface area contributed by atoms with Crippen LogP contribution in [0.15, 0.2) is 22.7 Å². The first-order valence-electron chi connectivity index (χ1n) is 5.86. The molecule has 1 unspecified atom stereocenters. The number of benzene rings is 1. The average Bonchev–Trinajstić information content (AvgIpc) is 2.31. The fourth-order valence-corrected chi connectivity index (χ4v) is 2.45. The van der Waals surface area contributed by atoms with Crippen LogP contribution in [0, 0.1) is 5.82 Å². The Labute approximate surface area is 110 Å². The van der Waals surface area contributed by atoms with Gasteiger partial charge in [-0.25, -0.2) is 4.39 Å². The second-order valence-corrected chi connectivity index (χ2v) is 5.66. The molecule has 2 nitrogen and oxygen atoms in total. The molecule has 0 aromatic heterocycles. The topological polar surface area (TPSA) is 21.3 Å². The van der Waals surface area contributed by atoms with Gasteiger partial charge < -0.3 is 10.1 Å². The molecule has 0 radical (unpaired) electrons. The van der Waals surface area contributed by atoms with Gasteiger partial charge in [-0.2, -0.15) is 0 Å². The average molecular weight is 302 g/mol. The standard InChI is InChI=1S/C13H17BrFNO/c1-13(5-2-6-17-9-13)16-8-10-7-11(15)3-4-12(10)14/h3-4,7,16H,2,5-6,8-9H2,1H3. The number of nitrogens with one attached hydrogen (secondary N) is 1. The highest BCUT2D eigenvalue weighted by molar-refractivity contribution is 9.10. The van der Waals surface area contributed by atoms with Gasteiger partial charge in [-0.1, -0.05) is 15.9 Å². The number of rotatable bonds is 3. The van der Waals surface area contributed by atoms with Crippen LogP contribution in [0.5, 0.6) is 0 Å². The molecule has 1 heterocycles. The van der Waals surface area contributed by atoms with Gasteiger partial charge in [0.05, 0.1) is 6.61 Å². The van der Waals surface area contributed by atoms with Crippen molar-refractivity contribution in [2.24, 2.45) is 0 Å². The Morgan fingerprint density at radius 1 is 1.53 bits per heavy atom. The van der Waals surface area contributed by atoms with Crippen molar-refractivity contribution in [2.45, 2.75) is 31.8 Å². The minimum Gasteiger partial charge on any atom is -0.380 e. The van der Waals surface area contributed by atoms with Crippen molar-refractivity contribution >= 4 is 15.9 Å². The van der Waals surface area contributed by atoms with Crippen LogP contribution in [0.4, 0.5) is 4.39 Å². The number of hydrogen-bond donors (Lipinski definition) is 1. The second kappa shape index (κ2) is 5.46. The molecule has 1 saturated heterocycles. The van der Waals surface area contributed by atoms with Crippen LogP contribution < -0.4 is 5.32 Å². The highest BCUT2D eigenvalue weighted by Crippen LogP contribution is 2.22. The SMILES string of the molecule is CC1(NCc2cc(F)ccc2Br)CCCOC1. The third-order valence-electron chi connectivity index (χ3n) is 3.15. The lowest BCUT2D eigenvalue weighted by atomic mass is 9.94. The monoisotopic (exact) mass is 301 g/mol. The highest BCUT2D eigenvalue weighted by atomic mass is 79.9. The molecule has 0 bridgehead atoms. The summed E-state index contributed by atoms with van der Waals surface area (Å²) in [6, 6.07) is 4.76. The number of hydrogen-bond acceptors (Lipinski definition) is 2. The molecule has 4 heteroatoms. The molecule has 1 aliphatic heterocycles. The first kappa shape index (κ1) is 13.0. The Kier molecular flexibility index (Phi) is 4.17. The molecule has 1 fully saturated rings. The first-order valence-corrected chi connectivity index (χ1v) is 6.65. The lowest BCUT2D eigenvalue weighted by Crippen LogP contribution is -2.48. The lowest BCUT2D eigenvalue weighted by molar-refractivity contribution is 0.0277. The molecule has 94 valence electrons. The molecular weight excluding hydrogens is 285 g/mol. The van der Waals surface area contributed by atoms with E-state index in [1.807, 2.05) is 0 Å². The smallest absolute Gasteiger partial charge is 0.123 e. The molecule has 0 saturated carbocycles. The molecule has 0 spiro atoms. The van der Waals surface area contributed by atoms with E-state index in [1.165, 1.54) is 6.07 Å². The van der Waals surface area contributed by atoms with Crippen LogP contribution in [0.1, 0.15) is 25.3 Å². The maximum atomic E-state index is 13.1. The van der Waals surface area contributed by atoms with Gasteiger partial charge in [-0.15, -0.1) is 0 Å². The first-order chi connectivity index (χ1) is 8.09. The van der Waals surface area contributed by atoms with E-state index < -0.39 is 0 Å². The summed E-state index contributed by atoms with van der Waals surface area (Å²) in [6.07, 6.45) is 2.17. The molecule has 1 N–H and O–H groups in total. The minimum atomic E-state index is -0.199. The van der Waals surface area contributed by atoms with Crippen molar-refractivity contribution in [1.82, 2.24) is 5.32 Å². The molecule has 0 amide bonds. The maximum Gasteiger partial charge on any atom is 0.123 e. The lowest BCUT2D eigenvalue weighted by Gasteiger charge is -2.34. The van der Waals surface area contributed by atoms with E-state index in [4.69, 9.17) is 4.74 Å². The van der Waals surface area contributed by atoms with Gasteiger partial charge in [0.2, 0.25) is 0 Å². The summed E-state index contributed by atoms with van der Waals surface area (Å²) >= 11 is 3.44. The van der Waals surface area contributed by atoms with Crippen LogP contribution >= 0.6 is 15.9 Å². The zero-order valence-corrected chi connectivity index (χ0v) is 11.5. The zero-order valence-electron chi connectivity index (χ0n) is 9.93. The van der Waals surface area contributed by atoms with E-state index in [0.717, 1.165) is 36.1 Å². The van der Waals surface area contributed by atoms with Gasteiger partial charge in [-0.3, -0.25) is 0 Å². The van der Waals surface area contributed by atoms with Crippen LogP contribution in [-0.4, -0.2) is 18.8 Å². The number of ether oxygens (including phenoxy) is 1. The molecule has 0 aliphatic carbocycles. The van der Waals surface area contributed by atoms with E-state index in [0.29, 0.717) is 6.54 Å². The van der Waals surface area contributed by atoms with E-state index in [1.54, 1.807) is 12.1 Å². The third-order valence-corrected chi connectivity index (χ3v) is 3.92. The fourth-order valence-electron chi connectivity index (χ4n) is 2.06. The van der Waals surface area contributed by atoms with E-state index in [9.17, 15) is 4.39 Å². The minimum absolute atomic E-state index is 0.00398. The van der Waals surface area contributed by atoms with E-state index >= 15 is 0 Å². The summed E-state index contributed by atoms with van der Waals surface area (Å²) in [5.74, 6) is -0.199. The van der Waals surface area contributed by atoms with Crippen LogP contribution in [0.25, 0.3) is 0 Å². The second-order valence-electron chi connectivity index (χ2n) is 4.81. The Morgan fingerprint density at radius 3 is 3.06 bits per heavy atom. The predicted molar refractivity (Wildman–Crippen MR) is 69.4 cm³/mol. The quantitative estimate of drug-likeness (QED) is 0.925. The van der Waals surface area contributed by atoms with Crippen molar-refractivity contribution in [3.8, 4) is 0 Å².